The van der Waals surface area contributed by atoms with Crippen molar-refractivity contribution in [3.05, 3.63) is 59.7 Å². The monoisotopic (exact) mass is 283 g/mol. The number of imidazole rings is 1. The number of likely N-dealkylation sites (N-methyl/N-ethyl adjacent to an activating group) is 1. The molecule has 2 aromatic rings. The average molecular weight is 283 g/mol. The number of amides is 1. The minimum Gasteiger partial charge on any atom is -0.347 e. The molecule has 1 aromatic heterocycles. The number of rotatable bonds is 5. The van der Waals surface area contributed by atoms with Crippen LogP contribution in [-0.4, -0.2) is 27.8 Å². The molecule has 0 saturated carbocycles. The Morgan fingerprint density at radius 2 is 2.05 bits per heavy atom. The molecule has 0 aliphatic carbocycles. The number of H-pyrrole nitrogens is 1. The van der Waals surface area contributed by atoms with Crippen molar-refractivity contribution in [3.8, 4) is 0 Å². The molecule has 0 radical (unpaired) electrons. The van der Waals surface area contributed by atoms with Gasteiger partial charge < -0.3 is 9.88 Å². The van der Waals surface area contributed by atoms with E-state index in [1.807, 2.05) is 18.2 Å². The summed E-state index contributed by atoms with van der Waals surface area (Å²) in [6, 6.07) is 8.26. The molecule has 0 saturated heterocycles. The number of hydrogen-bond acceptors (Lipinski definition) is 2. The quantitative estimate of drug-likeness (QED) is 0.857. The molecule has 1 amide bonds. The van der Waals surface area contributed by atoms with Crippen LogP contribution in [0.3, 0.4) is 0 Å². The third kappa shape index (κ3) is 4.31. The summed E-state index contributed by atoms with van der Waals surface area (Å²) in [5, 5.41) is 0. The van der Waals surface area contributed by atoms with E-state index in [2.05, 4.69) is 35.9 Å². The molecule has 0 spiro atoms. The predicted octanol–water partition coefficient (Wildman–Crippen LogP) is 3.20. The van der Waals surface area contributed by atoms with E-state index in [1.165, 1.54) is 5.56 Å². The van der Waals surface area contributed by atoms with Gasteiger partial charge in [-0.3, -0.25) is 4.79 Å². The van der Waals surface area contributed by atoms with E-state index in [0.29, 0.717) is 12.5 Å². The van der Waals surface area contributed by atoms with E-state index >= 15 is 0 Å². The Bertz CT molecular complexity index is 597. The van der Waals surface area contributed by atoms with Crippen LogP contribution < -0.4 is 0 Å². The van der Waals surface area contributed by atoms with Crippen molar-refractivity contribution in [2.24, 2.45) is 0 Å². The fourth-order valence-corrected chi connectivity index (χ4v) is 1.97. The maximum atomic E-state index is 12.0. The van der Waals surface area contributed by atoms with Crippen LogP contribution in [0.2, 0.25) is 0 Å². The topological polar surface area (TPSA) is 49.0 Å². The molecule has 4 nitrogen and oxygen atoms in total. The molecule has 21 heavy (non-hydrogen) atoms. The van der Waals surface area contributed by atoms with E-state index in [1.54, 1.807) is 30.4 Å². The van der Waals surface area contributed by atoms with Crippen molar-refractivity contribution < 1.29 is 4.79 Å². The minimum absolute atomic E-state index is 0.0423. The smallest absolute Gasteiger partial charge is 0.246 e. The number of aromatic nitrogens is 2. The first-order chi connectivity index (χ1) is 10.1. The maximum absolute atomic E-state index is 12.0. The normalized spacial score (nSPS) is 11.2. The Balaban J connectivity index is 1.94. The lowest BCUT2D eigenvalue weighted by molar-refractivity contribution is -0.125. The van der Waals surface area contributed by atoms with Gasteiger partial charge in [-0.2, -0.15) is 0 Å². The second kappa shape index (κ2) is 6.88. The van der Waals surface area contributed by atoms with Gasteiger partial charge in [-0.25, -0.2) is 4.98 Å². The van der Waals surface area contributed by atoms with Crippen LogP contribution in [0.5, 0.6) is 0 Å². The Morgan fingerprint density at radius 1 is 1.33 bits per heavy atom. The lowest BCUT2D eigenvalue weighted by atomic mass is 10.0. The molecular weight excluding hydrogens is 262 g/mol. The first kappa shape index (κ1) is 15.0. The summed E-state index contributed by atoms with van der Waals surface area (Å²) in [5.41, 5.74) is 2.33. The highest BCUT2D eigenvalue weighted by Crippen LogP contribution is 2.15. The van der Waals surface area contributed by atoms with Crippen molar-refractivity contribution in [1.82, 2.24) is 14.9 Å². The third-order valence-corrected chi connectivity index (χ3v) is 3.34. The summed E-state index contributed by atoms with van der Waals surface area (Å²) in [6.07, 6.45) is 6.86. The van der Waals surface area contributed by atoms with Gasteiger partial charge >= 0.3 is 0 Å². The van der Waals surface area contributed by atoms with E-state index in [4.69, 9.17) is 0 Å². The van der Waals surface area contributed by atoms with Gasteiger partial charge in [0.15, 0.2) is 0 Å². The molecule has 1 N–H and O–H groups in total. The second-order valence-electron chi connectivity index (χ2n) is 5.38. The molecule has 110 valence electrons. The van der Waals surface area contributed by atoms with E-state index in [-0.39, 0.29) is 5.91 Å². The van der Waals surface area contributed by atoms with Gasteiger partial charge in [-0.15, -0.1) is 0 Å². The fraction of sp³-hybridized carbons (Fsp3) is 0.294. The van der Waals surface area contributed by atoms with E-state index < -0.39 is 0 Å². The Labute approximate surface area is 125 Å². The first-order valence-corrected chi connectivity index (χ1v) is 7.07. The molecule has 4 heteroatoms. The zero-order valence-electron chi connectivity index (χ0n) is 12.7. The van der Waals surface area contributed by atoms with Crippen LogP contribution in [0, 0.1) is 0 Å². The first-order valence-electron chi connectivity index (χ1n) is 7.07. The Morgan fingerprint density at radius 3 is 2.62 bits per heavy atom. The number of benzene rings is 1. The van der Waals surface area contributed by atoms with Gasteiger partial charge in [0.25, 0.3) is 0 Å². The predicted molar refractivity (Wildman–Crippen MR) is 84.6 cm³/mol. The van der Waals surface area contributed by atoms with Crippen molar-refractivity contribution >= 4 is 12.0 Å². The van der Waals surface area contributed by atoms with E-state index in [0.717, 1.165) is 11.4 Å². The summed E-state index contributed by atoms with van der Waals surface area (Å²) >= 11 is 0. The molecule has 1 heterocycles. The largest absolute Gasteiger partial charge is 0.347 e. The van der Waals surface area contributed by atoms with Gasteiger partial charge in [-0.05, 0) is 23.1 Å². The summed E-state index contributed by atoms with van der Waals surface area (Å²) < 4.78 is 0. The van der Waals surface area contributed by atoms with Crippen molar-refractivity contribution in [2.75, 3.05) is 7.05 Å². The van der Waals surface area contributed by atoms with Gasteiger partial charge in [0, 0.05) is 25.5 Å². The molecule has 0 aliphatic heterocycles. The molecule has 0 atom stereocenters. The SMILES string of the molecule is CC(C)c1ccc(C=CC(=O)N(C)Cc2ncc[nH]2)cc1. The van der Waals surface area contributed by atoms with Gasteiger partial charge in [-0.1, -0.05) is 38.1 Å². The molecule has 0 bridgehead atoms. The van der Waals surface area contributed by atoms with Crippen LogP contribution >= 0.6 is 0 Å². The molecular formula is C17H21N3O. The van der Waals surface area contributed by atoms with Gasteiger partial charge in [0.1, 0.15) is 5.82 Å². The highest BCUT2D eigenvalue weighted by atomic mass is 16.2. The summed E-state index contributed by atoms with van der Waals surface area (Å²) in [7, 11) is 1.76. The van der Waals surface area contributed by atoms with Crippen LogP contribution in [0.4, 0.5) is 0 Å². The number of carbonyl (C=O) groups is 1. The number of nitrogens with one attached hydrogen (secondary N) is 1. The Kier molecular flexibility index (Phi) is 4.93. The van der Waals surface area contributed by atoms with Crippen molar-refractivity contribution in [3.63, 3.8) is 0 Å². The maximum Gasteiger partial charge on any atom is 0.246 e. The fourth-order valence-electron chi connectivity index (χ4n) is 1.97. The third-order valence-electron chi connectivity index (χ3n) is 3.34. The molecule has 0 fully saturated rings. The minimum atomic E-state index is -0.0423. The number of hydrogen-bond donors (Lipinski definition) is 1. The standard InChI is InChI=1S/C17H21N3O/c1-13(2)15-7-4-14(5-8-15)6-9-17(21)20(3)12-16-18-10-11-19-16/h4-11,13H,12H2,1-3H3,(H,18,19). The lowest BCUT2D eigenvalue weighted by Crippen LogP contribution is -2.24. The molecule has 0 unspecified atom stereocenters. The zero-order valence-corrected chi connectivity index (χ0v) is 12.7. The number of nitrogens with zero attached hydrogens (tertiary/aromatic N) is 2. The summed E-state index contributed by atoms with van der Waals surface area (Å²) in [5.74, 6) is 1.25. The molecule has 0 aliphatic rings. The lowest BCUT2D eigenvalue weighted by Gasteiger charge is -2.13. The van der Waals surface area contributed by atoms with Gasteiger partial charge in [0.05, 0.1) is 6.54 Å². The highest BCUT2D eigenvalue weighted by Gasteiger charge is 2.06. The van der Waals surface area contributed by atoms with Crippen molar-refractivity contribution in [1.29, 1.82) is 0 Å². The van der Waals surface area contributed by atoms with Gasteiger partial charge in [0.2, 0.25) is 5.91 Å². The number of carbonyl (C=O) groups excluding carboxylic acids is 1. The van der Waals surface area contributed by atoms with Crippen LogP contribution in [0.15, 0.2) is 42.7 Å². The summed E-state index contributed by atoms with van der Waals surface area (Å²) in [6.45, 7) is 4.80. The second-order valence-corrected chi connectivity index (χ2v) is 5.38. The highest BCUT2D eigenvalue weighted by molar-refractivity contribution is 5.91. The van der Waals surface area contributed by atoms with Crippen LogP contribution in [0.25, 0.3) is 6.08 Å². The molecule has 1 aromatic carbocycles. The average Bonchev–Trinajstić information content (AvgIpc) is 2.98. The molecule has 2 rings (SSSR count). The number of aromatic amines is 1. The van der Waals surface area contributed by atoms with Crippen LogP contribution in [0.1, 0.15) is 36.7 Å². The van der Waals surface area contributed by atoms with Crippen molar-refractivity contribution in [2.45, 2.75) is 26.3 Å². The van der Waals surface area contributed by atoms with E-state index in [9.17, 15) is 4.79 Å². The summed E-state index contributed by atoms with van der Waals surface area (Å²) in [4.78, 5) is 20.7. The zero-order chi connectivity index (χ0) is 15.2. The Hall–Kier alpha value is -2.36. The van der Waals surface area contributed by atoms with Crippen LogP contribution in [-0.2, 0) is 11.3 Å².